The molecular formula is C32H45F3N6O5S. The SMILES string of the molecule is CC(C)CC(=O)NCc1cc(-c2nn(CC(O)CN3CCC(N4CC(O)CC4=O)CC3)c3c2CN(S(C)=O)CC3)ccc1C(F)(F)F. The number of benzene rings is 1. The zero-order chi connectivity index (χ0) is 34.0. The van der Waals surface area contributed by atoms with Crippen molar-refractivity contribution in [2.24, 2.45) is 5.92 Å². The fourth-order valence-electron chi connectivity index (χ4n) is 6.90. The highest BCUT2D eigenvalue weighted by Crippen LogP contribution is 2.37. The van der Waals surface area contributed by atoms with Crippen LogP contribution in [0.3, 0.4) is 0 Å². The number of carbonyl (C=O) groups is 2. The number of alkyl halides is 3. The Morgan fingerprint density at radius 2 is 1.89 bits per heavy atom. The number of β-amino-alcohol motifs (C(OH)–C–C–N with tert-alkyl or cyclic N) is 2. The van der Waals surface area contributed by atoms with Gasteiger partial charge in [0.2, 0.25) is 11.8 Å². The number of fused-ring (bicyclic) bond motifs is 1. The first-order chi connectivity index (χ1) is 22.2. The molecule has 0 bridgehead atoms. The van der Waals surface area contributed by atoms with E-state index >= 15 is 0 Å². The van der Waals surface area contributed by atoms with E-state index in [1.54, 1.807) is 20.1 Å². The van der Waals surface area contributed by atoms with E-state index in [1.165, 1.54) is 12.1 Å². The van der Waals surface area contributed by atoms with Crippen molar-refractivity contribution < 1.29 is 37.2 Å². The number of aromatic nitrogens is 2. The van der Waals surface area contributed by atoms with E-state index in [0.717, 1.165) is 30.2 Å². The molecule has 0 aliphatic carbocycles. The predicted octanol–water partition coefficient (Wildman–Crippen LogP) is 2.30. The Kier molecular flexibility index (Phi) is 11.1. The summed E-state index contributed by atoms with van der Waals surface area (Å²) in [6.45, 7) is 6.56. The summed E-state index contributed by atoms with van der Waals surface area (Å²) in [5.41, 5.74) is 1.60. The van der Waals surface area contributed by atoms with Gasteiger partial charge in [-0.05, 0) is 36.5 Å². The third kappa shape index (κ3) is 8.60. The van der Waals surface area contributed by atoms with Gasteiger partial charge in [0.15, 0.2) is 0 Å². The standard InChI is InChI=1S/C32H45F3N6O5S/c1-20(2)12-29(44)36-15-22-13-21(4-5-27(22)32(33,34)35)31-26-19-39(47(3)46)11-8-28(26)41(37-31)18-25(43)16-38-9-6-23(7-10-38)40-17-24(42)14-30(40)45/h4-5,13,20,23-25,42-43H,6-12,14-19H2,1-3H3,(H,36,44). The molecule has 0 radical (unpaired) electrons. The molecule has 47 heavy (non-hydrogen) atoms. The zero-order valence-corrected chi connectivity index (χ0v) is 27.9. The molecule has 1 aromatic heterocycles. The zero-order valence-electron chi connectivity index (χ0n) is 27.1. The van der Waals surface area contributed by atoms with Crippen LogP contribution in [0.2, 0.25) is 0 Å². The number of nitrogens with zero attached hydrogens (tertiary/aromatic N) is 5. The van der Waals surface area contributed by atoms with E-state index in [0.29, 0.717) is 56.9 Å². The molecule has 0 saturated carbocycles. The van der Waals surface area contributed by atoms with Crippen molar-refractivity contribution in [3.63, 3.8) is 0 Å². The quantitative estimate of drug-likeness (QED) is 0.332. The number of amides is 2. The van der Waals surface area contributed by atoms with Crippen LogP contribution in [-0.4, -0.2) is 107 Å². The van der Waals surface area contributed by atoms with E-state index in [2.05, 4.69) is 10.2 Å². The number of hydrogen-bond donors (Lipinski definition) is 3. The number of likely N-dealkylation sites (tertiary alicyclic amines) is 2. The maximum Gasteiger partial charge on any atom is 0.416 e. The fraction of sp³-hybridized carbons (Fsp3) is 0.656. The molecule has 2 aromatic rings. The summed E-state index contributed by atoms with van der Waals surface area (Å²) in [5.74, 6) is -0.289. The Bertz CT molecular complexity index is 1480. The molecule has 2 fully saturated rings. The molecule has 3 aliphatic heterocycles. The molecule has 3 N–H and O–H groups in total. The second-order valence-electron chi connectivity index (χ2n) is 13.3. The average molecular weight is 683 g/mol. The van der Waals surface area contributed by atoms with Crippen LogP contribution in [0.25, 0.3) is 11.3 Å². The van der Waals surface area contributed by atoms with Gasteiger partial charge in [-0.1, -0.05) is 19.9 Å². The summed E-state index contributed by atoms with van der Waals surface area (Å²) in [7, 11) is -1.27. The number of hydrogen-bond acceptors (Lipinski definition) is 7. The van der Waals surface area contributed by atoms with Crippen molar-refractivity contribution >= 4 is 22.8 Å². The third-order valence-electron chi connectivity index (χ3n) is 9.20. The van der Waals surface area contributed by atoms with Gasteiger partial charge in [0.05, 0.1) is 47.4 Å². The maximum absolute atomic E-state index is 14.0. The number of rotatable bonds is 11. The molecule has 4 heterocycles. The van der Waals surface area contributed by atoms with Crippen molar-refractivity contribution in [2.45, 2.75) is 90.0 Å². The number of carbonyl (C=O) groups excluding carboxylic acids is 2. The molecule has 260 valence electrons. The van der Waals surface area contributed by atoms with Gasteiger partial charge in [0, 0.05) is 87.8 Å². The van der Waals surface area contributed by atoms with E-state index in [4.69, 9.17) is 5.10 Å². The highest BCUT2D eigenvalue weighted by molar-refractivity contribution is 7.81. The summed E-state index contributed by atoms with van der Waals surface area (Å²) in [4.78, 5) is 28.4. The van der Waals surface area contributed by atoms with Crippen molar-refractivity contribution in [1.29, 1.82) is 0 Å². The number of aliphatic hydroxyl groups excluding tert-OH is 2. The predicted molar refractivity (Wildman–Crippen MR) is 170 cm³/mol. The van der Waals surface area contributed by atoms with Gasteiger partial charge >= 0.3 is 6.18 Å². The van der Waals surface area contributed by atoms with Gasteiger partial charge in [0.25, 0.3) is 0 Å². The van der Waals surface area contributed by atoms with Crippen LogP contribution in [0.15, 0.2) is 18.2 Å². The number of halogens is 3. The van der Waals surface area contributed by atoms with Crippen LogP contribution in [-0.2, 0) is 52.8 Å². The molecule has 3 atom stereocenters. The summed E-state index contributed by atoms with van der Waals surface area (Å²) in [6.07, 6.45) is -2.04. The molecular weight excluding hydrogens is 637 g/mol. The molecule has 15 heteroatoms. The van der Waals surface area contributed by atoms with Crippen molar-refractivity contribution in [1.82, 2.24) is 29.2 Å². The first kappa shape index (κ1) is 35.5. The van der Waals surface area contributed by atoms with Crippen molar-refractivity contribution in [2.75, 3.05) is 39.0 Å². The first-order valence-electron chi connectivity index (χ1n) is 16.2. The lowest BCUT2D eigenvalue weighted by atomic mass is 9.97. The van der Waals surface area contributed by atoms with Gasteiger partial charge < -0.3 is 25.3 Å². The molecule has 2 saturated heterocycles. The van der Waals surface area contributed by atoms with E-state index in [-0.39, 0.29) is 55.3 Å². The molecule has 11 nitrogen and oxygen atoms in total. The Morgan fingerprint density at radius 3 is 2.51 bits per heavy atom. The highest BCUT2D eigenvalue weighted by atomic mass is 32.2. The van der Waals surface area contributed by atoms with Crippen LogP contribution in [0.1, 0.15) is 61.9 Å². The third-order valence-corrected chi connectivity index (χ3v) is 10.2. The number of nitrogens with one attached hydrogen (secondary N) is 1. The average Bonchev–Trinajstić information content (AvgIpc) is 3.53. The largest absolute Gasteiger partial charge is 0.416 e. The summed E-state index contributed by atoms with van der Waals surface area (Å²) in [5, 5.41) is 28.4. The minimum atomic E-state index is -4.62. The smallest absolute Gasteiger partial charge is 0.391 e. The molecule has 2 amide bonds. The van der Waals surface area contributed by atoms with Crippen LogP contribution in [0.4, 0.5) is 13.2 Å². The molecule has 5 rings (SSSR count). The Balaban J connectivity index is 1.34. The topological polar surface area (TPSA) is 131 Å². The minimum absolute atomic E-state index is 0.0169. The van der Waals surface area contributed by atoms with Crippen LogP contribution < -0.4 is 5.32 Å². The Morgan fingerprint density at radius 1 is 1.17 bits per heavy atom. The van der Waals surface area contributed by atoms with E-state index in [1.807, 2.05) is 13.8 Å². The maximum atomic E-state index is 14.0. The first-order valence-corrected chi connectivity index (χ1v) is 17.7. The second-order valence-corrected chi connectivity index (χ2v) is 14.7. The second kappa shape index (κ2) is 14.7. The number of piperidine rings is 1. The summed E-state index contributed by atoms with van der Waals surface area (Å²) < 4.78 is 57.8. The normalized spacial score (nSPS) is 21.3. The number of aliphatic hydroxyl groups is 2. The summed E-state index contributed by atoms with van der Waals surface area (Å²) in [6, 6.07) is 3.88. The highest BCUT2D eigenvalue weighted by Gasteiger charge is 2.36. The van der Waals surface area contributed by atoms with Crippen LogP contribution in [0, 0.1) is 5.92 Å². The Labute approximate surface area is 275 Å². The summed E-state index contributed by atoms with van der Waals surface area (Å²) >= 11 is 0. The lowest BCUT2D eigenvalue weighted by molar-refractivity contribution is -0.138. The van der Waals surface area contributed by atoms with Gasteiger partial charge in [-0.15, -0.1) is 0 Å². The van der Waals surface area contributed by atoms with Crippen molar-refractivity contribution in [3.05, 3.63) is 40.6 Å². The monoisotopic (exact) mass is 682 g/mol. The van der Waals surface area contributed by atoms with Gasteiger partial charge in [-0.2, -0.15) is 18.3 Å². The minimum Gasteiger partial charge on any atom is -0.391 e. The van der Waals surface area contributed by atoms with Crippen molar-refractivity contribution in [3.8, 4) is 11.3 Å². The van der Waals surface area contributed by atoms with E-state index < -0.39 is 34.9 Å². The lowest BCUT2D eigenvalue weighted by Crippen LogP contribution is -2.47. The van der Waals surface area contributed by atoms with Gasteiger partial charge in [-0.25, -0.2) is 8.51 Å². The fourth-order valence-corrected chi connectivity index (χ4v) is 7.56. The molecule has 0 spiro atoms. The molecule has 1 aromatic carbocycles. The van der Waals surface area contributed by atoms with Gasteiger partial charge in [0.1, 0.15) is 0 Å². The van der Waals surface area contributed by atoms with Gasteiger partial charge in [-0.3, -0.25) is 14.3 Å². The van der Waals surface area contributed by atoms with Crippen LogP contribution >= 0.6 is 0 Å². The Hall–Kier alpha value is -2.85. The lowest BCUT2D eigenvalue weighted by Gasteiger charge is -2.37. The van der Waals surface area contributed by atoms with E-state index in [9.17, 15) is 37.2 Å². The molecule has 3 unspecified atom stereocenters. The van der Waals surface area contributed by atoms with Crippen LogP contribution in [0.5, 0.6) is 0 Å². The molecule has 3 aliphatic rings.